The lowest BCUT2D eigenvalue weighted by Gasteiger charge is -2.31. The van der Waals surface area contributed by atoms with E-state index in [4.69, 9.17) is 16.2 Å². The second kappa shape index (κ2) is 12.3. The van der Waals surface area contributed by atoms with Crippen molar-refractivity contribution < 1.29 is 19.1 Å². The van der Waals surface area contributed by atoms with Crippen molar-refractivity contribution in [1.29, 1.82) is 0 Å². The van der Waals surface area contributed by atoms with Crippen molar-refractivity contribution in [3.8, 4) is 0 Å². The third-order valence-corrected chi connectivity index (χ3v) is 9.25. The molecule has 1 saturated heterocycles. The molecule has 11 heteroatoms. The smallest absolute Gasteiger partial charge is 0.273 e. The molecule has 1 aliphatic carbocycles. The van der Waals surface area contributed by atoms with Gasteiger partial charge in [-0.15, -0.1) is 11.3 Å². The SMILES string of the molecule is NC(=O)c1nsc(C(=O)N(c2ccc(C3CCCCC3)cc2)[C@@H](C(=O)NC[C@H]2CCCO2)c2cccs2)c1N. The second-order valence-electron chi connectivity index (χ2n) is 10.0. The molecule has 3 amide bonds. The van der Waals surface area contributed by atoms with Gasteiger partial charge in [-0.1, -0.05) is 37.5 Å². The van der Waals surface area contributed by atoms with Gasteiger partial charge in [0.15, 0.2) is 11.7 Å². The van der Waals surface area contributed by atoms with Crippen LogP contribution in [0.5, 0.6) is 0 Å². The molecule has 2 atom stereocenters. The standard InChI is InChI=1S/C28H33N5O4S2/c29-22-23(26(30)34)32-39-25(22)28(36)33(19-12-10-18(11-13-19)17-6-2-1-3-7-17)24(21-9-5-15-38-21)27(35)31-16-20-8-4-14-37-20/h5,9-13,15,17,20,24H,1-4,6-8,14,16,29H2,(H2,30,34)(H,31,35)/t20-,24-/m1/s1. The van der Waals surface area contributed by atoms with E-state index in [1.165, 1.54) is 41.1 Å². The van der Waals surface area contributed by atoms with Crippen molar-refractivity contribution in [3.63, 3.8) is 0 Å². The lowest BCUT2D eigenvalue weighted by molar-refractivity contribution is -0.122. The minimum atomic E-state index is -0.960. The van der Waals surface area contributed by atoms with E-state index in [9.17, 15) is 14.4 Å². The van der Waals surface area contributed by atoms with E-state index in [-0.39, 0.29) is 28.3 Å². The number of nitrogens with two attached hydrogens (primary N) is 2. The molecule has 9 nitrogen and oxygen atoms in total. The van der Waals surface area contributed by atoms with Gasteiger partial charge in [-0.3, -0.25) is 19.3 Å². The number of primary amides is 1. The largest absolute Gasteiger partial charge is 0.395 e. The summed E-state index contributed by atoms with van der Waals surface area (Å²) in [5, 5.41) is 4.87. The summed E-state index contributed by atoms with van der Waals surface area (Å²) < 4.78 is 9.71. The highest BCUT2D eigenvalue weighted by molar-refractivity contribution is 7.10. The van der Waals surface area contributed by atoms with E-state index < -0.39 is 17.9 Å². The molecule has 2 aliphatic rings. The van der Waals surface area contributed by atoms with Crippen molar-refractivity contribution in [1.82, 2.24) is 9.69 Å². The minimum absolute atomic E-state index is 0.0490. The van der Waals surface area contributed by atoms with Gasteiger partial charge in [0, 0.05) is 23.7 Å². The van der Waals surface area contributed by atoms with Gasteiger partial charge in [0.2, 0.25) is 5.91 Å². The van der Waals surface area contributed by atoms with Crippen LogP contribution in [0.25, 0.3) is 0 Å². The first-order chi connectivity index (χ1) is 18.9. The van der Waals surface area contributed by atoms with Crippen molar-refractivity contribution in [2.24, 2.45) is 5.73 Å². The summed E-state index contributed by atoms with van der Waals surface area (Å²) in [6.45, 7) is 1.04. The number of benzene rings is 1. The maximum Gasteiger partial charge on any atom is 0.273 e. The molecule has 5 rings (SSSR count). The molecule has 1 saturated carbocycles. The van der Waals surface area contributed by atoms with E-state index in [1.807, 2.05) is 41.8 Å². The topological polar surface area (TPSA) is 141 Å². The van der Waals surface area contributed by atoms with Crippen molar-refractivity contribution in [2.45, 2.75) is 63.0 Å². The molecule has 0 unspecified atom stereocenters. The fraction of sp³-hybridized carbons (Fsp3) is 0.429. The quantitative estimate of drug-likeness (QED) is 0.345. The van der Waals surface area contributed by atoms with Gasteiger partial charge in [-0.2, -0.15) is 4.37 Å². The molecular weight excluding hydrogens is 534 g/mol. The Kier molecular flexibility index (Phi) is 8.59. The number of carbonyl (C=O) groups excluding carboxylic acids is 3. The van der Waals surface area contributed by atoms with Gasteiger partial charge in [-0.05, 0) is 72.3 Å². The summed E-state index contributed by atoms with van der Waals surface area (Å²) in [5.41, 5.74) is 13.1. The summed E-state index contributed by atoms with van der Waals surface area (Å²) in [4.78, 5) is 42.0. The maximum absolute atomic E-state index is 14.2. The van der Waals surface area contributed by atoms with Gasteiger partial charge in [0.05, 0.1) is 11.8 Å². The molecule has 0 radical (unpaired) electrons. The predicted octanol–water partition coefficient (Wildman–Crippen LogP) is 4.62. The van der Waals surface area contributed by atoms with Crippen molar-refractivity contribution in [3.05, 3.63) is 62.8 Å². The van der Waals surface area contributed by atoms with Crippen molar-refractivity contribution >= 4 is 52.0 Å². The zero-order valence-electron chi connectivity index (χ0n) is 21.6. The molecule has 206 valence electrons. The Morgan fingerprint density at radius 3 is 2.46 bits per heavy atom. The van der Waals surface area contributed by atoms with Gasteiger partial charge in [-0.25, -0.2) is 0 Å². The van der Waals surface area contributed by atoms with Crippen LogP contribution in [0, 0.1) is 0 Å². The Morgan fingerprint density at radius 2 is 1.85 bits per heavy atom. The first kappa shape index (κ1) is 27.3. The number of ether oxygens (including phenoxy) is 1. The van der Waals surface area contributed by atoms with Gasteiger partial charge >= 0.3 is 0 Å². The van der Waals surface area contributed by atoms with Crippen LogP contribution >= 0.6 is 22.9 Å². The Bertz CT molecular complexity index is 1300. The van der Waals surface area contributed by atoms with Crippen LogP contribution in [0.4, 0.5) is 11.4 Å². The normalized spacial score (nSPS) is 18.5. The highest BCUT2D eigenvalue weighted by Crippen LogP contribution is 2.37. The first-order valence-electron chi connectivity index (χ1n) is 13.3. The molecule has 5 N–H and O–H groups in total. The zero-order valence-corrected chi connectivity index (χ0v) is 23.3. The first-order valence-corrected chi connectivity index (χ1v) is 15.0. The number of carbonyl (C=O) groups is 3. The van der Waals surface area contributed by atoms with Crippen LogP contribution in [-0.2, 0) is 9.53 Å². The average Bonchev–Trinajstić information content (AvgIpc) is 3.73. The fourth-order valence-corrected chi connectivity index (χ4v) is 6.96. The number of rotatable bonds is 9. The average molecular weight is 568 g/mol. The lowest BCUT2D eigenvalue weighted by atomic mass is 9.84. The van der Waals surface area contributed by atoms with Crippen LogP contribution in [0.1, 0.15) is 87.5 Å². The Hall–Kier alpha value is -3.28. The van der Waals surface area contributed by atoms with Crippen LogP contribution in [0.3, 0.4) is 0 Å². The van der Waals surface area contributed by atoms with Crippen LogP contribution in [-0.4, -0.2) is 41.4 Å². The van der Waals surface area contributed by atoms with E-state index in [1.54, 1.807) is 0 Å². The number of amides is 3. The van der Waals surface area contributed by atoms with Gasteiger partial charge in [0.25, 0.3) is 11.8 Å². The lowest BCUT2D eigenvalue weighted by Crippen LogP contribution is -2.45. The van der Waals surface area contributed by atoms with E-state index in [0.29, 0.717) is 29.6 Å². The van der Waals surface area contributed by atoms with Gasteiger partial charge < -0.3 is 21.5 Å². The fourth-order valence-electron chi connectivity index (χ4n) is 5.40. The molecule has 2 fully saturated rings. The maximum atomic E-state index is 14.2. The zero-order chi connectivity index (χ0) is 27.4. The number of nitrogen functional groups attached to an aromatic ring is 1. The number of hydrogen-bond donors (Lipinski definition) is 3. The van der Waals surface area contributed by atoms with Crippen LogP contribution in [0.15, 0.2) is 41.8 Å². The number of anilines is 2. The van der Waals surface area contributed by atoms with Crippen LogP contribution in [0.2, 0.25) is 0 Å². The molecule has 0 spiro atoms. The summed E-state index contributed by atoms with van der Waals surface area (Å²) in [6, 6.07) is 10.6. The molecule has 2 aromatic heterocycles. The molecule has 1 aromatic carbocycles. The summed E-state index contributed by atoms with van der Waals surface area (Å²) in [5.74, 6) is -1.16. The summed E-state index contributed by atoms with van der Waals surface area (Å²) in [6.07, 6.45) is 7.79. The third kappa shape index (κ3) is 6.00. The summed E-state index contributed by atoms with van der Waals surface area (Å²) >= 11 is 2.20. The molecule has 3 heterocycles. The molecule has 3 aromatic rings. The number of hydrogen-bond acceptors (Lipinski definition) is 8. The van der Waals surface area contributed by atoms with Gasteiger partial charge in [0.1, 0.15) is 4.88 Å². The Morgan fingerprint density at radius 1 is 1.08 bits per heavy atom. The highest BCUT2D eigenvalue weighted by Gasteiger charge is 2.37. The minimum Gasteiger partial charge on any atom is -0.395 e. The summed E-state index contributed by atoms with van der Waals surface area (Å²) in [7, 11) is 0. The molecule has 0 bridgehead atoms. The predicted molar refractivity (Wildman–Crippen MR) is 153 cm³/mol. The third-order valence-electron chi connectivity index (χ3n) is 7.47. The van der Waals surface area contributed by atoms with Crippen LogP contribution < -0.4 is 21.7 Å². The molecule has 39 heavy (non-hydrogen) atoms. The van der Waals surface area contributed by atoms with E-state index in [2.05, 4.69) is 9.69 Å². The van der Waals surface area contributed by atoms with Crippen molar-refractivity contribution in [2.75, 3.05) is 23.8 Å². The Labute approximate surface area is 235 Å². The highest BCUT2D eigenvalue weighted by atomic mass is 32.1. The van der Waals surface area contributed by atoms with E-state index >= 15 is 0 Å². The number of thiophene rings is 1. The number of aromatic nitrogens is 1. The Balaban J connectivity index is 1.53. The molecule has 1 aliphatic heterocycles. The van der Waals surface area contributed by atoms with E-state index in [0.717, 1.165) is 37.2 Å². The molecular formula is C28H33N5O4S2. The monoisotopic (exact) mass is 567 g/mol. The number of nitrogens with one attached hydrogen (secondary N) is 1. The number of nitrogens with zero attached hydrogens (tertiary/aromatic N) is 2. The second-order valence-corrected chi connectivity index (χ2v) is 11.8.